The zero-order valence-electron chi connectivity index (χ0n) is 10.00. The molecule has 2 N–H and O–H groups in total. The molecule has 96 valence electrons. The lowest BCUT2D eigenvalue weighted by Crippen LogP contribution is -2.51. The maximum absolute atomic E-state index is 13.7. The number of imide groups is 1. The number of piperazine rings is 1. The van der Waals surface area contributed by atoms with Crippen molar-refractivity contribution in [1.29, 1.82) is 0 Å². The molecule has 0 saturated carbocycles. The van der Waals surface area contributed by atoms with Crippen LogP contribution in [0.2, 0.25) is 0 Å². The van der Waals surface area contributed by atoms with Gasteiger partial charge in [0, 0.05) is 17.8 Å². The van der Waals surface area contributed by atoms with Gasteiger partial charge in [-0.2, -0.15) is 0 Å². The average molecular weight is 251 g/mol. The molecule has 18 heavy (non-hydrogen) atoms. The van der Waals surface area contributed by atoms with E-state index in [2.05, 4.69) is 10.6 Å². The lowest BCUT2D eigenvalue weighted by Gasteiger charge is -2.29. The van der Waals surface area contributed by atoms with Gasteiger partial charge in [0.2, 0.25) is 11.8 Å². The van der Waals surface area contributed by atoms with Crippen molar-refractivity contribution in [3.05, 3.63) is 29.6 Å². The molecule has 0 bridgehead atoms. The predicted molar refractivity (Wildman–Crippen MR) is 64.5 cm³/mol. The third-order valence-corrected chi connectivity index (χ3v) is 2.74. The monoisotopic (exact) mass is 251 g/mol. The number of hydrogen-bond donors (Lipinski definition) is 2. The molecule has 1 aliphatic rings. The van der Waals surface area contributed by atoms with Gasteiger partial charge in [-0.25, -0.2) is 4.39 Å². The van der Waals surface area contributed by atoms with Gasteiger partial charge in [0.15, 0.2) is 0 Å². The molecule has 1 aliphatic heterocycles. The molecule has 1 saturated heterocycles. The number of anilines is 1. The van der Waals surface area contributed by atoms with Gasteiger partial charge in [-0.05, 0) is 19.2 Å². The molecule has 6 heteroatoms. The summed E-state index contributed by atoms with van der Waals surface area (Å²) in [6.45, 7) is 0.464. The summed E-state index contributed by atoms with van der Waals surface area (Å²) < 4.78 is 13.7. The van der Waals surface area contributed by atoms with Gasteiger partial charge in [-0.1, -0.05) is 6.07 Å². The minimum atomic E-state index is -0.370. The Hall–Kier alpha value is -1.95. The summed E-state index contributed by atoms with van der Waals surface area (Å²) >= 11 is 0. The van der Waals surface area contributed by atoms with E-state index in [1.165, 1.54) is 6.07 Å². The molecule has 2 rings (SSSR count). The molecule has 0 unspecified atom stereocenters. The summed E-state index contributed by atoms with van der Waals surface area (Å²) in [6, 6.07) is 4.64. The molecule has 5 nitrogen and oxygen atoms in total. The summed E-state index contributed by atoms with van der Waals surface area (Å²) in [5, 5.41) is 5.09. The number of amides is 2. The number of hydrogen-bond acceptors (Lipinski definition) is 4. The van der Waals surface area contributed by atoms with E-state index < -0.39 is 0 Å². The quantitative estimate of drug-likeness (QED) is 0.743. The number of benzene rings is 1. The number of nitrogens with zero attached hydrogens (tertiary/aromatic N) is 1. The van der Waals surface area contributed by atoms with Crippen molar-refractivity contribution in [2.75, 3.05) is 25.0 Å². The molecular formula is C12H14FN3O2. The summed E-state index contributed by atoms with van der Waals surface area (Å²) in [7, 11) is 1.71. The lowest BCUT2D eigenvalue weighted by atomic mass is 10.1. The summed E-state index contributed by atoms with van der Waals surface area (Å²) in [4.78, 5) is 24.2. The van der Waals surface area contributed by atoms with Crippen LogP contribution in [0.15, 0.2) is 18.2 Å². The summed E-state index contributed by atoms with van der Waals surface area (Å²) in [6.07, 6.45) is 0. The Morgan fingerprint density at radius 1 is 1.33 bits per heavy atom. The van der Waals surface area contributed by atoms with Crippen LogP contribution in [0.4, 0.5) is 10.1 Å². The second-order valence-corrected chi connectivity index (χ2v) is 4.10. The zero-order chi connectivity index (χ0) is 13.1. The fourth-order valence-corrected chi connectivity index (χ4v) is 2.00. The molecule has 1 aromatic rings. The predicted octanol–water partition coefficient (Wildman–Crippen LogP) is 0.00790. The van der Waals surface area contributed by atoms with Crippen LogP contribution in [0.5, 0.6) is 0 Å². The van der Waals surface area contributed by atoms with Gasteiger partial charge in [0.05, 0.1) is 13.1 Å². The van der Waals surface area contributed by atoms with E-state index in [0.717, 1.165) is 0 Å². The Labute approximate surface area is 104 Å². The standard InChI is InChI=1S/C12H14FN3O2/c1-14-5-8-9(13)3-2-4-10(8)16-6-11(17)15-12(18)7-16/h2-4,14H,5-7H2,1H3,(H,15,17,18). The van der Waals surface area contributed by atoms with E-state index in [9.17, 15) is 14.0 Å². The first-order valence-corrected chi connectivity index (χ1v) is 5.61. The SMILES string of the molecule is CNCc1c(F)cccc1N1CC(=O)NC(=O)C1. The van der Waals surface area contributed by atoms with Crippen molar-refractivity contribution in [3.8, 4) is 0 Å². The first kappa shape index (κ1) is 12.5. The fourth-order valence-electron chi connectivity index (χ4n) is 2.00. The number of nitrogens with one attached hydrogen (secondary N) is 2. The van der Waals surface area contributed by atoms with Crippen LogP contribution >= 0.6 is 0 Å². The van der Waals surface area contributed by atoms with E-state index in [4.69, 9.17) is 0 Å². The topological polar surface area (TPSA) is 61.4 Å². The second kappa shape index (κ2) is 5.14. The van der Waals surface area contributed by atoms with Gasteiger partial charge in [0.1, 0.15) is 5.82 Å². The number of carbonyl (C=O) groups is 2. The van der Waals surface area contributed by atoms with Crippen molar-refractivity contribution in [2.24, 2.45) is 0 Å². The van der Waals surface area contributed by atoms with Crippen LogP contribution in [0.1, 0.15) is 5.56 Å². The van der Waals surface area contributed by atoms with E-state index >= 15 is 0 Å². The molecule has 2 amide bonds. The van der Waals surface area contributed by atoms with Crippen LogP contribution in [0.3, 0.4) is 0 Å². The third kappa shape index (κ3) is 2.48. The first-order valence-electron chi connectivity index (χ1n) is 5.61. The van der Waals surface area contributed by atoms with E-state index in [-0.39, 0.29) is 30.7 Å². The van der Waals surface area contributed by atoms with Crippen molar-refractivity contribution < 1.29 is 14.0 Å². The number of halogens is 1. The van der Waals surface area contributed by atoms with E-state index in [0.29, 0.717) is 17.8 Å². The highest BCUT2D eigenvalue weighted by molar-refractivity contribution is 6.02. The molecular weight excluding hydrogens is 237 g/mol. The molecule has 0 spiro atoms. The lowest BCUT2D eigenvalue weighted by molar-refractivity contribution is -0.130. The Bertz CT molecular complexity index is 474. The highest BCUT2D eigenvalue weighted by Crippen LogP contribution is 2.23. The van der Waals surface area contributed by atoms with E-state index in [1.807, 2.05) is 0 Å². The number of rotatable bonds is 3. The normalized spacial score (nSPS) is 15.8. The summed E-state index contributed by atoms with van der Waals surface area (Å²) in [5.41, 5.74) is 1.04. The molecule has 1 heterocycles. The Morgan fingerprint density at radius 3 is 2.61 bits per heavy atom. The zero-order valence-corrected chi connectivity index (χ0v) is 10.00. The van der Waals surface area contributed by atoms with Gasteiger partial charge in [-0.15, -0.1) is 0 Å². The molecule has 1 fully saturated rings. The van der Waals surface area contributed by atoms with Crippen molar-refractivity contribution in [1.82, 2.24) is 10.6 Å². The minimum Gasteiger partial charge on any atom is -0.353 e. The van der Waals surface area contributed by atoms with Crippen LogP contribution in [0, 0.1) is 5.82 Å². The van der Waals surface area contributed by atoms with Crippen LogP contribution in [0.25, 0.3) is 0 Å². The van der Waals surface area contributed by atoms with Gasteiger partial charge < -0.3 is 10.2 Å². The van der Waals surface area contributed by atoms with Crippen LogP contribution < -0.4 is 15.5 Å². The minimum absolute atomic E-state index is 0.0614. The van der Waals surface area contributed by atoms with Crippen molar-refractivity contribution in [3.63, 3.8) is 0 Å². The first-order chi connectivity index (χ1) is 8.61. The fraction of sp³-hybridized carbons (Fsp3) is 0.333. The Morgan fingerprint density at radius 2 is 2.00 bits per heavy atom. The van der Waals surface area contributed by atoms with E-state index in [1.54, 1.807) is 24.1 Å². The molecule has 1 aromatic carbocycles. The van der Waals surface area contributed by atoms with Crippen LogP contribution in [-0.4, -0.2) is 32.0 Å². The third-order valence-electron chi connectivity index (χ3n) is 2.74. The molecule has 0 atom stereocenters. The maximum atomic E-state index is 13.7. The largest absolute Gasteiger partial charge is 0.353 e. The molecule has 0 aliphatic carbocycles. The Kier molecular flexibility index (Phi) is 3.57. The molecule has 0 aromatic heterocycles. The highest BCUT2D eigenvalue weighted by atomic mass is 19.1. The summed E-state index contributed by atoms with van der Waals surface area (Å²) in [5.74, 6) is -1.09. The smallest absolute Gasteiger partial charge is 0.246 e. The van der Waals surface area contributed by atoms with Crippen LogP contribution in [-0.2, 0) is 16.1 Å². The maximum Gasteiger partial charge on any atom is 0.246 e. The highest BCUT2D eigenvalue weighted by Gasteiger charge is 2.24. The Balaban J connectivity index is 2.34. The van der Waals surface area contributed by atoms with Gasteiger partial charge in [-0.3, -0.25) is 14.9 Å². The van der Waals surface area contributed by atoms with Crippen molar-refractivity contribution in [2.45, 2.75) is 6.54 Å². The average Bonchev–Trinajstić information content (AvgIpc) is 2.30. The molecule has 0 radical (unpaired) electrons. The van der Waals surface area contributed by atoms with Crippen molar-refractivity contribution >= 4 is 17.5 Å². The second-order valence-electron chi connectivity index (χ2n) is 4.10. The number of carbonyl (C=O) groups excluding carboxylic acids is 2. The van der Waals surface area contributed by atoms with Gasteiger partial charge >= 0.3 is 0 Å². The van der Waals surface area contributed by atoms with Gasteiger partial charge in [0.25, 0.3) is 0 Å².